The maximum Gasteiger partial charge on any atom is 0.430 e. The lowest BCUT2D eigenvalue weighted by molar-refractivity contribution is -0.376. The van der Waals surface area contributed by atoms with Crippen molar-refractivity contribution in [2.45, 2.75) is 61.8 Å². The summed E-state index contributed by atoms with van der Waals surface area (Å²) in [5.41, 5.74) is -5.17. The molecular formula is C39H31BrF12N4O2. The summed E-state index contributed by atoms with van der Waals surface area (Å²) in [5.74, 6) is 0. The predicted octanol–water partition coefficient (Wildman–Crippen LogP) is 10.3. The van der Waals surface area contributed by atoms with E-state index in [-0.39, 0.29) is 0 Å². The van der Waals surface area contributed by atoms with Gasteiger partial charge in [0.15, 0.2) is 0 Å². The molecule has 7 rings (SSSR count). The molecule has 2 aliphatic heterocycles. The molecule has 0 bridgehead atoms. The number of aromatic amines is 1. The number of benzene rings is 4. The molecule has 0 amide bonds. The van der Waals surface area contributed by atoms with Crippen LogP contribution in [0.1, 0.15) is 33.4 Å². The second-order valence-electron chi connectivity index (χ2n) is 13.8. The minimum Gasteiger partial charge on any atom is -0.369 e. The number of hydrogen-bond donors (Lipinski definition) is 3. The third-order valence-corrected chi connectivity index (χ3v) is 10.6. The summed E-state index contributed by atoms with van der Waals surface area (Å²) in [6, 6.07) is 19.1. The summed E-state index contributed by atoms with van der Waals surface area (Å²) < 4.78 is 157. The van der Waals surface area contributed by atoms with Gasteiger partial charge in [0.05, 0.1) is 6.20 Å². The second-order valence-corrected chi connectivity index (χ2v) is 14.7. The van der Waals surface area contributed by atoms with Crippen LogP contribution in [0.2, 0.25) is 0 Å². The molecule has 0 fully saturated rings. The Morgan fingerprint density at radius 2 is 0.966 bits per heavy atom. The summed E-state index contributed by atoms with van der Waals surface area (Å²) in [5, 5.41) is 25.6. The molecule has 58 heavy (non-hydrogen) atoms. The third kappa shape index (κ3) is 8.12. The van der Waals surface area contributed by atoms with E-state index in [0.717, 1.165) is 50.9 Å². The molecule has 0 radical (unpaired) electrons. The molecule has 4 aromatic carbocycles. The number of hydrogen-bond acceptors (Lipinski definition) is 5. The Morgan fingerprint density at radius 1 is 0.552 bits per heavy atom. The van der Waals surface area contributed by atoms with Crippen LogP contribution in [0.3, 0.4) is 0 Å². The van der Waals surface area contributed by atoms with E-state index in [1.165, 1.54) is 24.3 Å². The molecule has 0 saturated heterocycles. The number of fused-ring (bicyclic) bond motifs is 2. The zero-order chi connectivity index (χ0) is 42.5. The lowest BCUT2D eigenvalue weighted by Gasteiger charge is -2.32. The van der Waals surface area contributed by atoms with Crippen molar-refractivity contribution in [2.75, 3.05) is 22.9 Å². The fourth-order valence-corrected chi connectivity index (χ4v) is 7.35. The highest BCUT2D eigenvalue weighted by Crippen LogP contribution is 2.51. The standard InChI is InChI=1S/C21H17F6N3O.C18H14BrF6NO/c22-20(23,24)19(31,21(25,26)27)17-4-1-13(2-5-17)12-30-8-7-15-9-14(3-6-18(15)30)16-10-28-29-11-16;19-14-5-6-15-12(9-14)7-8-26(15)10-11-1-3-13(4-2-11)16(27,17(20,21)22)18(23,24)25/h1-6,9-11,31H,7-8,12H2,(H,28,29);1-6,9,27H,7-8,10H2. The van der Waals surface area contributed by atoms with Crippen molar-refractivity contribution in [2.24, 2.45) is 0 Å². The van der Waals surface area contributed by atoms with E-state index in [2.05, 4.69) is 26.1 Å². The van der Waals surface area contributed by atoms with Gasteiger partial charge in [-0.15, -0.1) is 0 Å². The highest BCUT2D eigenvalue weighted by atomic mass is 79.9. The lowest BCUT2D eigenvalue weighted by Crippen LogP contribution is -2.53. The van der Waals surface area contributed by atoms with Crippen LogP contribution in [0.5, 0.6) is 0 Å². The van der Waals surface area contributed by atoms with Crippen molar-refractivity contribution in [1.82, 2.24) is 10.2 Å². The Hall–Kier alpha value is -4.75. The molecule has 0 saturated carbocycles. The van der Waals surface area contributed by atoms with Gasteiger partial charge in [-0.25, -0.2) is 0 Å². The number of rotatable bonds is 7. The summed E-state index contributed by atoms with van der Waals surface area (Å²) in [6.07, 6.45) is -18.5. The Balaban J connectivity index is 0.000000198. The molecule has 3 N–H and O–H groups in total. The largest absolute Gasteiger partial charge is 0.430 e. The van der Waals surface area contributed by atoms with Crippen molar-refractivity contribution < 1.29 is 62.9 Å². The van der Waals surface area contributed by atoms with Crippen LogP contribution in [0.15, 0.2) is 102 Å². The minimum absolute atomic E-state index is 0.314. The van der Waals surface area contributed by atoms with E-state index in [0.29, 0.717) is 61.6 Å². The monoisotopic (exact) mass is 894 g/mol. The zero-order valence-corrected chi connectivity index (χ0v) is 31.2. The molecule has 19 heteroatoms. The summed E-state index contributed by atoms with van der Waals surface area (Å²) in [4.78, 5) is 4.00. The van der Waals surface area contributed by atoms with Crippen molar-refractivity contribution in [3.05, 3.63) is 135 Å². The number of alkyl halides is 12. The first-order valence-electron chi connectivity index (χ1n) is 17.2. The highest BCUT2D eigenvalue weighted by molar-refractivity contribution is 9.10. The summed E-state index contributed by atoms with van der Waals surface area (Å²) in [7, 11) is 0. The first kappa shape index (κ1) is 42.8. The SMILES string of the molecule is OC(c1ccc(CN2CCc3cc(-c4cn[nH]c4)ccc32)cc1)(C(F)(F)F)C(F)(F)F.OC(c1ccc(CN2CCc3cc(Br)ccc32)cc1)(C(F)(F)F)C(F)(F)F. The van der Waals surface area contributed by atoms with E-state index in [9.17, 15) is 62.9 Å². The summed E-state index contributed by atoms with van der Waals surface area (Å²) in [6.45, 7) is 2.02. The Kier molecular flexibility index (Phi) is 11.4. The normalized spacial score (nSPS) is 14.9. The van der Waals surface area contributed by atoms with Crippen LogP contribution in [0.4, 0.5) is 64.1 Å². The van der Waals surface area contributed by atoms with Crippen LogP contribution in [-0.2, 0) is 37.1 Å². The van der Waals surface area contributed by atoms with Gasteiger partial charge in [0.1, 0.15) is 0 Å². The van der Waals surface area contributed by atoms with Gasteiger partial charge in [-0.2, -0.15) is 57.8 Å². The molecule has 0 unspecified atom stereocenters. The topological polar surface area (TPSA) is 75.6 Å². The molecule has 1 aromatic heterocycles. The van der Waals surface area contributed by atoms with Gasteiger partial charge in [-0.1, -0.05) is 70.5 Å². The van der Waals surface area contributed by atoms with Gasteiger partial charge in [-0.3, -0.25) is 5.10 Å². The number of nitrogens with zero attached hydrogens (tertiary/aromatic N) is 3. The highest BCUT2D eigenvalue weighted by Gasteiger charge is 2.72. The number of aliphatic hydroxyl groups is 2. The average Bonchev–Trinajstić information content (AvgIpc) is 3.91. The van der Waals surface area contributed by atoms with Crippen molar-refractivity contribution in [3.63, 3.8) is 0 Å². The maximum atomic E-state index is 13.0. The van der Waals surface area contributed by atoms with E-state index in [4.69, 9.17) is 0 Å². The first-order valence-corrected chi connectivity index (χ1v) is 18.0. The molecule has 0 aliphatic carbocycles. The number of halogens is 13. The molecule has 0 spiro atoms. The number of nitrogens with one attached hydrogen (secondary N) is 1. The van der Waals surface area contributed by atoms with E-state index >= 15 is 0 Å². The predicted molar refractivity (Wildman–Crippen MR) is 193 cm³/mol. The molecule has 3 heterocycles. The Morgan fingerprint density at radius 3 is 1.36 bits per heavy atom. The van der Waals surface area contributed by atoms with Crippen molar-refractivity contribution in [1.29, 1.82) is 0 Å². The maximum absolute atomic E-state index is 13.0. The zero-order valence-electron chi connectivity index (χ0n) is 29.6. The lowest BCUT2D eigenvalue weighted by atomic mass is 9.91. The molecular weight excluding hydrogens is 864 g/mol. The average molecular weight is 896 g/mol. The van der Waals surface area contributed by atoms with E-state index in [1.807, 2.05) is 46.2 Å². The number of aromatic nitrogens is 2. The molecule has 2 aliphatic rings. The van der Waals surface area contributed by atoms with E-state index < -0.39 is 47.0 Å². The van der Waals surface area contributed by atoms with Crippen molar-refractivity contribution >= 4 is 27.3 Å². The van der Waals surface area contributed by atoms with Crippen molar-refractivity contribution in [3.8, 4) is 11.1 Å². The van der Waals surface area contributed by atoms with Gasteiger partial charge < -0.3 is 20.0 Å². The Labute approximate surface area is 330 Å². The van der Waals surface area contributed by atoms with Gasteiger partial charge in [0, 0.05) is 64.9 Å². The van der Waals surface area contributed by atoms with Gasteiger partial charge in [0.25, 0.3) is 11.2 Å². The quantitative estimate of drug-likeness (QED) is 0.142. The van der Waals surface area contributed by atoms with Crippen LogP contribution in [0, 0.1) is 0 Å². The van der Waals surface area contributed by atoms with Crippen LogP contribution >= 0.6 is 15.9 Å². The van der Waals surface area contributed by atoms with Crippen LogP contribution in [-0.4, -0.2) is 58.2 Å². The van der Waals surface area contributed by atoms with E-state index in [1.54, 1.807) is 12.4 Å². The Bertz CT molecular complexity index is 2180. The fourth-order valence-electron chi connectivity index (χ4n) is 6.95. The molecule has 310 valence electrons. The van der Waals surface area contributed by atoms with Gasteiger partial charge in [-0.05, 0) is 71.0 Å². The fraction of sp³-hybridized carbons (Fsp3) is 0.308. The minimum atomic E-state index is -5.90. The molecule has 6 nitrogen and oxygen atoms in total. The summed E-state index contributed by atoms with van der Waals surface area (Å²) >= 11 is 3.38. The number of H-pyrrole nitrogens is 1. The molecule has 5 aromatic rings. The van der Waals surface area contributed by atoms with Gasteiger partial charge in [0.2, 0.25) is 0 Å². The number of anilines is 2. The third-order valence-electron chi connectivity index (χ3n) is 10.1. The van der Waals surface area contributed by atoms with Crippen LogP contribution in [0.25, 0.3) is 11.1 Å². The smallest absolute Gasteiger partial charge is 0.369 e. The van der Waals surface area contributed by atoms with Gasteiger partial charge >= 0.3 is 24.7 Å². The first-order chi connectivity index (χ1) is 26.9. The van der Waals surface area contributed by atoms with Crippen LogP contribution < -0.4 is 9.80 Å². The molecule has 0 atom stereocenters. The second kappa shape index (κ2) is 15.4.